The molecule has 1 amide bonds. The van der Waals surface area contributed by atoms with Crippen LogP contribution < -0.4 is 5.32 Å². The molecule has 0 bridgehead atoms. The van der Waals surface area contributed by atoms with Gasteiger partial charge in [0.2, 0.25) is 5.91 Å². The Labute approximate surface area is 110 Å². The molecular formula is C13H14N2O2S. The minimum atomic E-state index is -0.121. The van der Waals surface area contributed by atoms with Gasteiger partial charge in [0, 0.05) is 5.69 Å². The van der Waals surface area contributed by atoms with Crippen molar-refractivity contribution in [2.75, 3.05) is 18.5 Å². The summed E-state index contributed by atoms with van der Waals surface area (Å²) in [6.07, 6.45) is 0. The first-order valence-electron chi connectivity index (χ1n) is 5.73. The summed E-state index contributed by atoms with van der Waals surface area (Å²) in [5.74, 6) is -0.0398. The quantitative estimate of drug-likeness (QED) is 0.901. The van der Waals surface area contributed by atoms with Crippen LogP contribution in [-0.4, -0.2) is 29.6 Å². The summed E-state index contributed by atoms with van der Waals surface area (Å²) in [7, 11) is 0. The number of benzene rings is 1. The number of nitriles is 1. The van der Waals surface area contributed by atoms with Crippen LogP contribution in [0.25, 0.3) is 0 Å². The van der Waals surface area contributed by atoms with Crippen molar-refractivity contribution in [3.63, 3.8) is 0 Å². The average molecular weight is 262 g/mol. The van der Waals surface area contributed by atoms with Crippen LogP contribution in [0.2, 0.25) is 0 Å². The van der Waals surface area contributed by atoms with E-state index in [4.69, 9.17) is 10.00 Å². The van der Waals surface area contributed by atoms with Crippen molar-refractivity contribution >= 4 is 23.4 Å². The van der Waals surface area contributed by atoms with Gasteiger partial charge in [-0.3, -0.25) is 4.79 Å². The van der Waals surface area contributed by atoms with Crippen LogP contribution in [0.15, 0.2) is 24.3 Å². The zero-order valence-electron chi connectivity index (χ0n) is 10.1. The van der Waals surface area contributed by atoms with E-state index in [0.29, 0.717) is 16.5 Å². The third-order valence-electron chi connectivity index (χ3n) is 2.63. The number of anilines is 1. The molecule has 1 heterocycles. The number of nitrogens with one attached hydrogen (secondary N) is 1. The van der Waals surface area contributed by atoms with Gasteiger partial charge in [0.15, 0.2) is 0 Å². The molecule has 4 nitrogen and oxygen atoms in total. The summed E-state index contributed by atoms with van der Waals surface area (Å²) in [6, 6.07) is 8.96. The molecule has 5 heteroatoms. The lowest BCUT2D eigenvalue weighted by Gasteiger charge is -2.27. The van der Waals surface area contributed by atoms with Crippen LogP contribution in [0.4, 0.5) is 5.69 Å². The number of nitrogens with zero attached hydrogens (tertiary/aromatic N) is 1. The Morgan fingerprint density at radius 3 is 3.00 bits per heavy atom. The fourth-order valence-electron chi connectivity index (χ4n) is 1.55. The molecule has 1 aliphatic rings. The average Bonchev–Trinajstić information content (AvgIpc) is 2.33. The molecule has 2 rings (SSSR count). The summed E-state index contributed by atoms with van der Waals surface area (Å²) < 4.78 is 5.08. The van der Waals surface area contributed by atoms with Gasteiger partial charge in [-0.05, 0) is 25.1 Å². The molecule has 1 N–H and O–H groups in total. The molecular weight excluding hydrogens is 248 g/mol. The van der Waals surface area contributed by atoms with E-state index in [1.54, 1.807) is 36.0 Å². The van der Waals surface area contributed by atoms with Gasteiger partial charge in [0.05, 0.1) is 35.3 Å². The van der Waals surface area contributed by atoms with Gasteiger partial charge in [0.25, 0.3) is 0 Å². The van der Waals surface area contributed by atoms with E-state index in [1.807, 2.05) is 13.0 Å². The van der Waals surface area contributed by atoms with Crippen LogP contribution in [0.5, 0.6) is 0 Å². The number of ether oxygens (including phenoxy) is 1. The molecule has 1 aliphatic heterocycles. The van der Waals surface area contributed by atoms with Crippen LogP contribution >= 0.6 is 11.8 Å². The second-order valence-electron chi connectivity index (χ2n) is 4.12. The lowest BCUT2D eigenvalue weighted by atomic mass is 10.2. The summed E-state index contributed by atoms with van der Waals surface area (Å²) >= 11 is 1.62. The maximum Gasteiger partial charge on any atom is 0.237 e. The highest BCUT2D eigenvalue weighted by Crippen LogP contribution is 2.24. The van der Waals surface area contributed by atoms with E-state index in [1.165, 1.54) is 0 Å². The first kappa shape index (κ1) is 12.9. The molecule has 18 heavy (non-hydrogen) atoms. The van der Waals surface area contributed by atoms with Gasteiger partial charge in [-0.1, -0.05) is 6.07 Å². The zero-order valence-corrected chi connectivity index (χ0v) is 10.9. The highest BCUT2D eigenvalue weighted by atomic mass is 32.2. The molecule has 0 aromatic heterocycles. The Bertz CT molecular complexity index is 480. The normalized spacial score (nSPS) is 16.4. The van der Waals surface area contributed by atoms with Crippen LogP contribution in [-0.2, 0) is 9.53 Å². The Hall–Kier alpha value is -1.51. The van der Waals surface area contributed by atoms with E-state index in [9.17, 15) is 4.79 Å². The molecule has 1 aromatic carbocycles. The topological polar surface area (TPSA) is 62.1 Å². The number of rotatable bonds is 4. The van der Waals surface area contributed by atoms with Gasteiger partial charge in [-0.15, -0.1) is 11.8 Å². The van der Waals surface area contributed by atoms with Crippen molar-refractivity contribution in [2.45, 2.75) is 17.4 Å². The van der Waals surface area contributed by atoms with Gasteiger partial charge in [-0.25, -0.2) is 0 Å². The second-order valence-corrected chi connectivity index (χ2v) is 5.77. The number of amides is 1. The summed E-state index contributed by atoms with van der Waals surface area (Å²) in [4.78, 5) is 11.9. The van der Waals surface area contributed by atoms with Gasteiger partial charge < -0.3 is 10.1 Å². The number of carbonyl (C=O) groups excluding carboxylic acids is 1. The predicted octanol–water partition coefficient (Wildman–Crippen LogP) is 2.02. The van der Waals surface area contributed by atoms with Crippen LogP contribution in [0.3, 0.4) is 0 Å². The van der Waals surface area contributed by atoms with Crippen molar-refractivity contribution in [1.29, 1.82) is 5.26 Å². The fraction of sp³-hybridized carbons (Fsp3) is 0.385. The number of thioether (sulfide) groups is 1. The summed E-state index contributed by atoms with van der Waals surface area (Å²) in [5, 5.41) is 11.9. The predicted molar refractivity (Wildman–Crippen MR) is 71.4 cm³/mol. The molecule has 1 atom stereocenters. The Balaban J connectivity index is 1.91. The summed E-state index contributed by atoms with van der Waals surface area (Å²) in [5.41, 5.74) is 1.21. The molecule has 1 aromatic rings. The second kappa shape index (κ2) is 5.89. The lowest BCUT2D eigenvalue weighted by Crippen LogP contribution is -2.34. The standard InChI is InChI=1S/C13H14N2O2S/c1-9(18-12-7-17-8-12)13(16)15-11-4-2-3-10(5-11)6-14/h2-5,9,12H,7-8H2,1H3,(H,15,16). The van der Waals surface area contributed by atoms with Crippen molar-refractivity contribution in [2.24, 2.45) is 0 Å². The highest BCUT2D eigenvalue weighted by molar-refractivity contribution is 8.01. The van der Waals surface area contributed by atoms with Crippen LogP contribution in [0, 0.1) is 11.3 Å². The van der Waals surface area contributed by atoms with E-state index in [0.717, 1.165) is 13.2 Å². The zero-order chi connectivity index (χ0) is 13.0. The van der Waals surface area contributed by atoms with Crippen molar-refractivity contribution in [3.8, 4) is 6.07 Å². The van der Waals surface area contributed by atoms with Crippen molar-refractivity contribution < 1.29 is 9.53 Å². The summed E-state index contributed by atoms with van der Waals surface area (Å²) in [6.45, 7) is 3.34. The Kier molecular flexibility index (Phi) is 4.24. The minimum absolute atomic E-state index is 0.0398. The van der Waals surface area contributed by atoms with E-state index >= 15 is 0 Å². The van der Waals surface area contributed by atoms with Gasteiger partial charge in [-0.2, -0.15) is 5.26 Å². The van der Waals surface area contributed by atoms with Crippen molar-refractivity contribution in [3.05, 3.63) is 29.8 Å². The Morgan fingerprint density at radius 2 is 2.39 bits per heavy atom. The monoisotopic (exact) mass is 262 g/mol. The molecule has 1 unspecified atom stereocenters. The molecule has 0 saturated carbocycles. The van der Waals surface area contributed by atoms with Crippen molar-refractivity contribution in [1.82, 2.24) is 0 Å². The molecule has 94 valence electrons. The maximum absolute atomic E-state index is 11.9. The SMILES string of the molecule is CC(SC1COC1)C(=O)Nc1cccc(C#N)c1. The molecule has 1 saturated heterocycles. The first-order chi connectivity index (χ1) is 8.69. The number of hydrogen-bond donors (Lipinski definition) is 1. The molecule has 1 fully saturated rings. The molecule has 0 aliphatic carbocycles. The maximum atomic E-state index is 11.9. The van der Waals surface area contributed by atoms with Gasteiger partial charge in [0.1, 0.15) is 0 Å². The van der Waals surface area contributed by atoms with E-state index in [2.05, 4.69) is 5.32 Å². The number of carbonyl (C=O) groups is 1. The van der Waals surface area contributed by atoms with E-state index < -0.39 is 0 Å². The minimum Gasteiger partial charge on any atom is -0.379 e. The smallest absolute Gasteiger partial charge is 0.237 e. The lowest BCUT2D eigenvalue weighted by molar-refractivity contribution is -0.115. The van der Waals surface area contributed by atoms with Crippen LogP contribution in [0.1, 0.15) is 12.5 Å². The molecule has 0 radical (unpaired) electrons. The fourth-order valence-corrected chi connectivity index (χ4v) is 2.66. The number of hydrogen-bond acceptors (Lipinski definition) is 4. The largest absolute Gasteiger partial charge is 0.379 e. The molecule has 0 spiro atoms. The Morgan fingerprint density at radius 1 is 1.61 bits per heavy atom. The highest BCUT2D eigenvalue weighted by Gasteiger charge is 2.24. The van der Waals surface area contributed by atoms with Gasteiger partial charge >= 0.3 is 0 Å². The third-order valence-corrected chi connectivity index (χ3v) is 3.91. The first-order valence-corrected chi connectivity index (χ1v) is 6.67. The van der Waals surface area contributed by atoms with E-state index in [-0.39, 0.29) is 11.2 Å². The third kappa shape index (κ3) is 3.25.